The first-order valence-electron chi connectivity index (χ1n) is 8.78. The van der Waals surface area contributed by atoms with E-state index in [-0.39, 0.29) is 0 Å². The minimum atomic E-state index is 0.364. The van der Waals surface area contributed by atoms with Crippen molar-refractivity contribution in [2.24, 2.45) is 5.92 Å². The summed E-state index contributed by atoms with van der Waals surface area (Å²) in [6.07, 6.45) is 24.6. The first-order chi connectivity index (χ1) is 11.8. The lowest BCUT2D eigenvalue weighted by atomic mass is 9.84. The van der Waals surface area contributed by atoms with Crippen LogP contribution in [0.4, 0.5) is 5.69 Å². The van der Waals surface area contributed by atoms with Crippen LogP contribution in [-0.4, -0.2) is 6.04 Å². The highest BCUT2D eigenvalue weighted by Gasteiger charge is 2.27. The van der Waals surface area contributed by atoms with E-state index >= 15 is 0 Å². The van der Waals surface area contributed by atoms with Gasteiger partial charge in [-0.15, -0.1) is 0 Å². The number of fused-ring (bicyclic) bond motifs is 1. The molecule has 1 aromatic rings. The fraction of sp³-hybridized carbons (Fsp3) is 0.217. The molecule has 0 radical (unpaired) electrons. The maximum Gasteiger partial charge on any atom is 0.0559 e. The molecule has 0 aromatic heterocycles. The van der Waals surface area contributed by atoms with Crippen LogP contribution in [0, 0.1) is 12.8 Å². The van der Waals surface area contributed by atoms with Gasteiger partial charge in [-0.3, -0.25) is 0 Å². The summed E-state index contributed by atoms with van der Waals surface area (Å²) in [5, 5.41) is 0. The van der Waals surface area contributed by atoms with Crippen LogP contribution >= 0.6 is 0 Å². The minimum absolute atomic E-state index is 0.364. The molecule has 4 rings (SSSR count). The number of allylic oxidation sites excluding steroid dienone is 9. The molecule has 0 saturated carbocycles. The Balaban J connectivity index is 1.78. The minimum Gasteiger partial charge on any atom is -0.334 e. The van der Waals surface area contributed by atoms with Crippen molar-refractivity contribution >= 4 is 5.69 Å². The molecule has 0 bridgehead atoms. The van der Waals surface area contributed by atoms with Crippen LogP contribution in [0.15, 0.2) is 96.3 Å². The van der Waals surface area contributed by atoms with Crippen LogP contribution in [0.25, 0.3) is 0 Å². The summed E-state index contributed by atoms with van der Waals surface area (Å²) in [7, 11) is 0. The lowest BCUT2D eigenvalue weighted by molar-refractivity contribution is 0.705. The topological polar surface area (TPSA) is 3.24 Å². The average Bonchev–Trinajstić information content (AvgIpc) is 2.65. The molecule has 0 N–H and O–H groups in total. The molecule has 24 heavy (non-hydrogen) atoms. The fourth-order valence-corrected chi connectivity index (χ4v) is 3.68. The quantitative estimate of drug-likeness (QED) is 0.697. The van der Waals surface area contributed by atoms with E-state index < -0.39 is 0 Å². The fourth-order valence-electron chi connectivity index (χ4n) is 3.68. The largest absolute Gasteiger partial charge is 0.334 e. The van der Waals surface area contributed by atoms with Gasteiger partial charge in [-0.05, 0) is 43.5 Å². The van der Waals surface area contributed by atoms with Crippen molar-refractivity contribution in [1.29, 1.82) is 0 Å². The summed E-state index contributed by atoms with van der Waals surface area (Å²) >= 11 is 0. The molecule has 0 amide bonds. The maximum atomic E-state index is 2.50. The molecule has 2 atom stereocenters. The van der Waals surface area contributed by atoms with E-state index in [9.17, 15) is 0 Å². The lowest BCUT2D eigenvalue weighted by Gasteiger charge is -2.38. The Bertz CT molecular complexity index is 784. The van der Waals surface area contributed by atoms with Gasteiger partial charge in [0.25, 0.3) is 0 Å². The summed E-state index contributed by atoms with van der Waals surface area (Å²) in [6.45, 7) is 2.14. The Morgan fingerprint density at radius 3 is 2.46 bits per heavy atom. The summed E-state index contributed by atoms with van der Waals surface area (Å²) in [5.41, 5.74) is 5.33. The standard InChI is InChI=1S/C23H23N/c1-18-14-16-21(17-15-18)24(20-10-3-2-4-11-20)23-13-7-9-19-8-5-6-12-22(19)23/h2-7,9-10,12-17,19-20H,8,11H2,1H3. The number of aryl methyl sites for hydroxylation is 1. The van der Waals surface area contributed by atoms with Gasteiger partial charge in [-0.25, -0.2) is 0 Å². The monoisotopic (exact) mass is 313 g/mol. The number of rotatable bonds is 3. The van der Waals surface area contributed by atoms with Crippen LogP contribution in [0.2, 0.25) is 0 Å². The van der Waals surface area contributed by atoms with Crippen LogP contribution < -0.4 is 4.90 Å². The Morgan fingerprint density at radius 1 is 0.833 bits per heavy atom. The summed E-state index contributed by atoms with van der Waals surface area (Å²) in [4.78, 5) is 2.50. The smallest absolute Gasteiger partial charge is 0.0559 e. The second-order valence-corrected chi connectivity index (χ2v) is 6.65. The lowest BCUT2D eigenvalue weighted by Crippen LogP contribution is -2.36. The van der Waals surface area contributed by atoms with E-state index in [0.29, 0.717) is 12.0 Å². The molecule has 3 aliphatic carbocycles. The van der Waals surface area contributed by atoms with Gasteiger partial charge in [0.15, 0.2) is 0 Å². The number of hydrogen-bond acceptors (Lipinski definition) is 1. The predicted octanol–water partition coefficient (Wildman–Crippen LogP) is 5.64. The molecule has 0 aliphatic heterocycles. The zero-order chi connectivity index (χ0) is 16.4. The van der Waals surface area contributed by atoms with Gasteiger partial charge in [0.1, 0.15) is 0 Å². The highest BCUT2D eigenvalue weighted by atomic mass is 15.2. The van der Waals surface area contributed by atoms with Crippen molar-refractivity contribution in [3.8, 4) is 0 Å². The molecule has 1 heteroatoms. The van der Waals surface area contributed by atoms with Gasteiger partial charge in [0, 0.05) is 17.3 Å². The second-order valence-electron chi connectivity index (χ2n) is 6.65. The SMILES string of the molecule is Cc1ccc(N(C2=CC=CC3CC=CC=C23)C2C=CC=CC2)cc1. The average molecular weight is 313 g/mol. The van der Waals surface area contributed by atoms with E-state index in [1.54, 1.807) is 0 Å². The molecule has 2 unspecified atom stereocenters. The Hall–Kier alpha value is -2.54. The molecule has 0 fully saturated rings. The summed E-state index contributed by atoms with van der Waals surface area (Å²) in [6, 6.07) is 9.26. The molecule has 3 aliphatic rings. The normalized spacial score (nSPS) is 24.4. The Kier molecular flexibility index (Phi) is 4.08. The number of benzene rings is 1. The molecule has 1 nitrogen and oxygen atoms in total. The van der Waals surface area contributed by atoms with Gasteiger partial charge in [-0.2, -0.15) is 0 Å². The molecule has 0 spiro atoms. The third-order valence-electron chi connectivity index (χ3n) is 4.96. The number of nitrogens with zero attached hydrogens (tertiary/aromatic N) is 1. The van der Waals surface area contributed by atoms with Gasteiger partial charge >= 0.3 is 0 Å². The van der Waals surface area contributed by atoms with Crippen molar-refractivity contribution in [2.45, 2.75) is 25.8 Å². The van der Waals surface area contributed by atoms with E-state index in [1.165, 1.54) is 22.5 Å². The summed E-state index contributed by atoms with van der Waals surface area (Å²) in [5.74, 6) is 0.506. The van der Waals surface area contributed by atoms with Crippen molar-refractivity contribution in [3.05, 3.63) is 102 Å². The molecular weight excluding hydrogens is 290 g/mol. The van der Waals surface area contributed by atoms with Gasteiger partial charge in [-0.1, -0.05) is 72.4 Å². The highest BCUT2D eigenvalue weighted by molar-refractivity contribution is 5.63. The first-order valence-corrected chi connectivity index (χ1v) is 8.78. The van der Waals surface area contributed by atoms with Crippen LogP contribution in [0.3, 0.4) is 0 Å². The maximum absolute atomic E-state index is 2.50. The Morgan fingerprint density at radius 2 is 1.67 bits per heavy atom. The first kappa shape index (κ1) is 15.0. The Labute approximate surface area is 144 Å². The van der Waals surface area contributed by atoms with Gasteiger partial charge in [0.05, 0.1) is 6.04 Å². The van der Waals surface area contributed by atoms with Crippen LogP contribution in [-0.2, 0) is 0 Å². The van der Waals surface area contributed by atoms with Crippen LogP contribution in [0.5, 0.6) is 0 Å². The predicted molar refractivity (Wildman–Crippen MR) is 103 cm³/mol. The van der Waals surface area contributed by atoms with Crippen molar-refractivity contribution in [1.82, 2.24) is 0 Å². The van der Waals surface area contributed by atoms with Crippen molar-refractivity contribution in [2.75, 3.05) is 4.90 Å². The van der Waals surface area contributed by atoms with Crippen molar-refractivity contribution in [3.63, 3.8) is 0 Å². The number of anilines is 1. The zero-order valence-electron chi connectivity index (χ0n) is 14.1. The van der Waals surface area contributed by atoms with E-state index in [1.807, 2.05) is 0 Å². The van der Waals surface area contributed by atoms with Gasteiger partial charge in [0.2, 0.25) is 0 Å². The molecule has 0 heterocycles. The summed E-state index contributed by atoms with van der Waals surface area (Å²) < 4.78 is 0. The second kappa shape index (κ2) is 6.52. The van der Waals surface area contributed by atoms with E-state index in [2.05, 4.69) is 96.8 Å². The molecular formula is C23H23N. The zero-order valence-corrected chi connectivity index (χ0v) is 14.1. The van der Waals surface area contributed by atoms with E-state index in [4.69, 9.17) is 0 Å². The van der Waals surface area contributed by atoms with Crippen LogP contribution in [0.1, 0.15) is 18.4 Å². The van der Waals surface area contributed by atoms with Gasteiger partial charge < -0.3 is 4.90 Å². The number of hydrogen-bond donors (Lipinski definition) is 0. The third-order valence-corrected chi connectivity index (χ3v) is 4.96. The van der Waals surface area contributed by atoms with Crippen molar-refractivity contribution < 1.29 is 0 Å². The van der Waals surface area contributed by atoms with E-state index in [0.717, 1.165) is 12.8 Å². The molecule has 1 aromatic carbocycles. The highest BCUT2D eigenvalue weighted by Crippen LogP contribution is 2.37. The molecule has 120 valence electrons. The molecule has 0 saturated heterocycles. The third kappa shape index (κ3) is 2.82.